The molecule has 0 aliphatic rings. The van der Waals surface area contributed by atoms with Gasteiger partial charge in [0.1, 0.15) is 6.61 Å². The molecule has 0 saturated heterocycles. The van der Waals surface area contributed by atoms with Gasteiger partial charge in [0.25, 0.3) is 0 Å². The van der Waals surface area contributed by atoms with Crippen LogP contribution in [0.1, 0.15) is 45.1 Å². The van der Waals surface area contributed by atoms with Gasteiger partial charge in [-0.15, -0.1) is 0 Å². The summed E-state index contributed by atoms with van der Waals surface area (Å²) in [6.45, 7) is 4.29. The van der Waals surface area contributed by atoms with Crippen molar-refractivity contribution in [3.8, 4) is 0 Å². The molecule has 2 atom stereocenters. The summed E-state index contributed by atoms with van der Waals surface area (Å²) in [5, 5.41) is 10.0. The zero-order valence-electron chi connectivity index (χ0n) is 11.8. The van der Waals surface area contributed by atoms with Crippen molar-refractivity contribution in [3.63, 3.8) is 0 Å². The van der Waals surface area contributed by atoms with Crippen LogP contribution in [0, 0.1) is 5.92 Å². The van der Waals surface area contributed by atoms with Gasteiger partial charge in [0.15, 0.2) is 0 Å². The first-order valence-electron chi connectivity index (χ1n) is 7.07. The van der Waals surface area contributed by atoms with E-state index >= 15 is 0 Å². The smallest absolute Gasteiger partial charge is 0.311 e. The van der Waals surface area contributed by atoms with Crippen molar-refractivity contribution in [2.75, 3.05) is 0 Å². The Kier molecular flexibility index (Phi) is 7.19. The van der Waals surface area contributed by atoms with E-state index in [1.807, 2.05) is 44.2 Å². The van der Waals surface area contributed by atoms with Gasteiger partial charge in [-0.1, -0.05) is 57.0 Å². The van der Waals surface area contributed by atoms with Gasteiger partial charge >= 0.3 is 5.97 Å². The van der Waals surface area contributed by atoms with Crippen LogP contribution in [-0.4, -0.2) is 17.2 Å². The highest BCUT2D eigenvalue weighted by molar-refractivity contribution is 5.73. The third-order valence-electron chi connectivity index (χ3n) is 3.18. The van der Waals surface area contributed by atoms with Crippen LogP contribution in [0.25, 0.3) is 0 Å². The summed E-state index contributed by atoms with van der Waals surface area (Å²) in [7, 11) is 0. The molecule has 0 bridgehead atoms. The SMILES string of the molecule is CCC[C@H](C(=O)OCc1ccccc1)[C@@H](O)CCC. The van der Waals surface area contributed by atoms with E-state index in [9.17, 15) is 9.90 Å². The molecule has 0 heterocycles. The molecule has 0 amide bonds. The third-order valence-corrected chi connectivity index (χ3v) is 3.18. The van der Waals surface area contributed by atoms with Crippen molar-refractivity contribution in [2.24, 2.45) is 5.92 Å². The fourth-order valence-electron chi connectivity index (χ4n) is 2.11. The topological polar surface area (TPSA) is 46.5 Å². The highest BCUT2D eigenvalue weighted by atomic mass is 16.5. The zero-order valence-corrected chi connectivity index (χ0v) is 11.8. The second-order valence-electron chi connectivity index (χ2n) is 4.84. The maximum Gasteiger partial charge on any atom is 0.311 e. The number of carbonyl (C=O) groups is 1. The molecule has 1 rings (SSSR count). The second-order valence-corrected chi connectivity index (χ2v) is 4.84. The van der Waals surface area contributed by atoms with Gasteiger partial charge in [-0.05, 0) is 18.4 Å². The minimum atomic E-state index is -0.590. The Bertz CT molecular complexity index is 362. The van der Waals surface area contributed by atoms with Crippen LogP contribution in [0.15, 0.2) is 30.3 Å². The summed E-state index contributed by atoms with van der Waals surface area (Å²) in [4.78, 5) is 12.0. The summed E-state index contributed by atoms with van der Waals surface area (Å²) < 4.78 is 5.31. The quantitative estimate of drug-likeness (QED) is 0.733. The molecule has 3 nitrogen and oxygen atoms in total. The van der Waals surface area contributed by atoms with Gasteiger partial charge in [-0.25, -0.2) is 0 Å². The summed E-state index contributed by atoms with van der Waals surface area (Å²) in [5.74, 6) is -0.680. The van der Waals surface area contributed by atoms with Crippen LogP contribution in [0.4, 0.5) is 0 Å². The van der Waals surface area contributed by atoms with Crippen LogP contribution in [0.5, 0.6) is 0 Å². The number of hydrogen-bond donors (Lipinski definition) is 1. The van der Waals surface area contributed by atoms with Crippen molar-refractivity contribution in [1.82, 2.24) is 0 Å². The van der Waals surface area contributed by atoms with Gasteiger partial charge in [0.05, 0.1) is 12.0 Å². The molecule has 3 heteroatoms. The van der Waals surface area contributed by atoms with Gasteiger partial charge in [0, 0.05) is 0 Å². The lowest BCUT2D eigenvalue weighted by Crippen LogP contribution is -2.29. The monoisotopic (exact) mass is 264 g/mol. The highest BCUT2D eigenvalue weighted by Crippen LogP contribution is 2.18. The van der Waals surface area contributed by atoms with E-state index in [2.05, 4.69) is 0 Å². The lowest BCUT2D eigenvalue weighted by Gasteiger charge is -2.20. The number of rotatable bonds is 8. The van der Waals surface area contributed by atoms with Crippen molar-refractivity contribution in [2.45, 2.75) is 52.2 Å². The highest BCUT2D eigenvalue weighted by Gasteiger charge is 2.26. The van der Waals surface area contributed by atoms with E-state index in [1.54, 1.807) is 0 Å². The molecular formula is C16H24O3. The fraction of sp³-hybridized carbons (Fsp3) is 0.562. The predicted octanol–water partition coefficient (Wildman–Crippen LogP) is 3.31. The van der Waals surface area contributed by atoms with Crippen LogP contribution >= 0.6 is 0 Å². The zero-order chi connectivity index (χ0) is 14.1. The molecule has 0 radical (unpaired) electrons. The number of aliphatic hydroxyl groups excluding tert-OH is 1. The third kappa shape index (κ3) is 5.43. The number of aliphatic hydroxyl groups is 1. The van der Waals surface area contributed by atoms with Crippen LogP contribution in [0.3, 0.4) is 0 Å². The Balaban J connectivity index is 2.52. The number of hydrogen-bond acceptors (Lipinski definition) is 3. The Hall–Kier alpha value is -1.35. The summed E-state index contributed by atoms with van der Waals surface area (Å²) in [5.41, 5.74) is 0.969. The van der Waals surface area contributed by atoms with Crippen molar-refractivity contribution in [1.29, 1.82) is 0 Å². The van der Waals surface area contributed by atoms with E-state index in [0.29, 0.717) is 12.8 Å². The standard InChI is InChI=1S/C16H24O3/c1-3-8-14(15(17)9-4-2)16(18)19-12-13-10-6-5-7-11-13/h5-7,10-11,14-15,17H,3-4,8-9,12H2,1-2H3/t14-,15-/m0/s1. The van der Waals surface area contributed by atoms with Crippen molar-refractivity contribution in [3.05, 3.63) is 35.9 Å². The first-order valence-corrected chi connectivity index (χ1v) is 7.07. The molecule has 0 saturated carbocycles. The van der Waals surface area contributed by atoms with E-state index in [0.717, 1.165) is 18.4 Å². The molecular weight excluding hydrogens is 240 g/mol. The minimum Gasteiger partial charge on any atom is -0.461 e. The Morgan fingerprint density at radius 1 is 1.16 bits per heavy atom. The molecule has 0 aliphatic carbocycles. The molecule has 1 aromatic rings. The molecule has 0 aromatic heterocycles. The molecule has 19 heavy (non-hydrogen) atoms. The Morgan fingerprint density at radius 3 is 2.37 bits per heavy atom. The molecule has 0 fully saturated rings. The second kappa shape index (κ2) is 8.70. The van der Waals surface area contributed by atoms with Crippen LogP contribution in [-0.2, 0) is 16.1 Å². The molecule has 0 aliphatic heterocycles. The maximum atomic E-state index is 12.0. The average molecular weight is 264 g/mol. The molecule has 0 unspecified atom stereocenters. The number of ether oxygens (including phenoxy) is 1. The maximum absolute atomic E-state index is 12.0. The first-order chi connectivity index (χ1) is 9.19. The molecule has 1 N–H and O–H groups in total. The van der Waals surface area contributed by atoms with Crippen molar-refractivity contribution < 1.29 is 14.6 Å². The van der Waals surface area contributed by atoms with E-state index in [-0.39, 0.29) is 12.6 Å². The molecule has 1 aromatic carbocycles. The van der Waals surface area contributed by atoms with Gasteiger partial charge < -0.3 is 9.84 Å². The molecule has 0 spiro atoms. The van der Waals surface area contributed by atoms with E-state index in [4.69, 9.17) is 4.74 Å². The minimum absolute atomic E-state index is 0.277. The van der Waals surface area contributed by atoms with Crippen LogP contribution in [0.2, 0.25) is 0 Å². The largest absolute Gasteiger partial charge is 0.461 e. The van der Waals surface area contributed by atoms with Gasteiger partial charge in [-0.2, -0.15) is 0 Å². The lowest BCUT2D eigenvalue weighted by atomic mass is 9.94. The van der Waals surface area contributed by atoms with Gasteiger partial charge in [0.2, 0.25) is 0 Å². The van der Waals surface area contributed by atoms with E-state index in [1.165, 1.54) is 0 Å². The summed E-state index contributed by atoms with van der Waals surface area (Å²) >= 11 is 0. The summed E-state index contributed by atoms with van der Waals surface area (Å²) in [6.07, 6.45) is 2.47. The van der Waals surface area contributed by atoms with Crippen LogP contribution < -0.4 is 0 Å². The summed E-state index contributed by atoms with van der Waals surface area (Å²) in [6, 6.07) is 9.60. The predicted molar refractivity (Wildman–Crippen MR) is 75.6 cm³/mol. The Labute approximate surface area is 115 Å². The van der Waals surface area contributed by atoms with Crippen molar-refractivity contribution >= 4 is 5.97 Å². The normalized spacial score (nSPS) is 13.8. The molecule has 106 valence electrons. The lowest BCUT2D eigenvalue weighted by molar-refractivity contribution is -0.154. The fourth-order valence-corrected chi connectivity index (χ4v) is 2.11. The number of esters is 1. The Morgan fingerprint density at radius 2 is 1.79 bits per heavy atom. The first kappa shape index (κ1) is 15.7. The van der Waals surface area contributed by atoms with Gasteiger partial charge in [-0.3, -0.25) is 4.79 Å². The van der Waals surface area contributed by atoms with E-state index < -0.39 is 12.0 Å². The number of carbonyl (C=O) groups excluding carboxylic acids is 1. The number of benzene rings is 1. The average Bonchev–Trinajstić information content (AvgIpc) is 2.43.